The molecule has 3 aromatic heterocycles. The van der Waals surface area contributed by atoms with Gasteiger partial charge in [0, 0.05) is 31.1 Å². The number of imidazole rings is 2. The lowest BCUT2D eigenvalue weighted by molar-refractivity contribution is 0.0685. The molecule has 0 aliphatic carbocycles. The normalized spacial score (nSPS) is 16.1. The van der Waals surface area contributed by atoms with Gasteiger partial charge >= 0.3 is 0 Å². The van der Waals surface area contributed by atoms with Crippen LogP contribution in [0.3, 0.4) is 0 Å². The highest BCUT2D eigenvalue weighted by atomic mass is 16.5. The molecule has 0 fully saturated rings. The highest BCUT2D eigenvalue weighted by Crippen LogP contribution is 2.35. The summed E-state index contributed by atoms with van der Waals surface area (Å²) >= 11 is 0. The quantitative estimate of drug-likeness (QED) is 0.586. The lowest BCUT2D eigenvalue weighted by atomic mass is 9.95. The summed E-state index contributed by atoms with van der Waals surface area (Å²) in [5.41, 5.74) is 5.22. The van der Waals surface area contributed by atoms with Crippen LogP contribution in [0.15, 0.2) is 55.1 Å². The maximum absolute atomic E-state index is 13.5. The van der Waals surface area contributed by atoms with E-state index >= 15 is 0 Å². The van der Waals surface area contributed by atoms with E-state index in [1.807, 2.05) is 58.8 Å². The third kappa shape index (κ3) is 2.86. The van der Waals surface area contributed by atoms with Crippen molar-refractivity contribution in [3.63, 3.8) is 0 Å². The summed E-state index contributed by atoms with van der Waals surface area (Å²) in [6, 6.07) is 11.5. The largest absolute Gasteiger partial charge is 0.497 e. The summed E-state index contributed by atoms with van der Waals surface area (Å²) in [7, 11) is 1.64. The van der Waals surface area contributed by atoms with Crippen molar-refractivity contribution in [1.29, 1.82) is 0 Å². The number of pyridine rings is 1. The third-order valence-corrected chi connectivity index (χ3v) is 5.51. The minimum atomic E-state index is -0.269. The van der Waals surface area contributed by atoms with Crippen LogP contribution < -0.4 is 4.74 Å². The number of nitrogens with zero attached hydrogens (tertiary/aromatic N) is 4. The fourth-order valence-electron chi connectivity index (χ4n) is 4.02. The van der Waals surface area contributed by atoms with Gasteiger partial charge in [-0.2, -0.15) is 0 Å². The van der Waals surface area contributed by atoms with Gasteiger partial charge in [0.15, 0.2) is 0 Å². The van der Waals surface area contributed by atoms with E-state index in [0.717, 1.165) is 40.3 Å². The Kier molecular flexibility index (Phi) is 4.08. The molecule has 146 valence electrons. The minimum absolute atomic E-state index is 0.0948. The molecular weight excluding hydrogens is 366 g/mol. The van der Waals surface area contributed by atoms with E-state index in [2.05, 4.69) is 15.0 Å². The van der Waals surface area contributed by atoms with E-state index in [4.69, 9.17) is 4.74 Å². The Labute approximate surface area is 168 Å². The van der Waals surface area contributed by atoms with Crippen LogP contribution in [0.5, 0.6) is 5.75 Å². The lowest BCUT2D eigenvalue weighted by Crippen LogP contribution is -2.41. The number of carbonyl (C=O) groups is 1. The molecule has 0 radical (unpaired) electrons. The number of amides is 1. The van der Waals surface area contributed by atoms with E-state index in [-0.39, 0.29) is 11.9 Å². The molecule has 0 saturated carbocycles. The molecule has 7 nitrogen and oxygen atoms in total. The Balaban J connectivity index is 1.57. The number of benzene rings is 1. The van der Waals surface area contributed by atoms with Crippen LogP contribution in [0.25, 0.3) is 5.65 Å². The monoisotopic (exact) mass is 387 g/mol. The standard InChI is InChI=1S/C22H21N5O2/c1-14-4-3-10-26-12-18(25-21(14)26)22(28)27-11-9-17-19(24-13-23-17)20(27)15-5-7-16(29-2)8-6-15/h3-8,10,12-13,20H,9,11H2,1-2H3,(H,23,24)/t20-/m1/s1. The highest BCUT2D eigenvalue weighted by molar-refractivity contribution is 5.93. The maximum Gasteiger partial charge on any atom is 0.274 e. The van der Waals surface area contributed by atoms with Crippen molar-refractivity contribution in [2.45, 2.75) is 19.4 Å². The van der Waals surface area contributed by atoms with Crippen molar-refractivity contribution in [2.24, 2.45) is 0 Å². The van der Waals surface area contributed by atoms with Crippen molar-refractivity contribution in [2.75, 3.05) is 13.7 Å². The average molecular weight is 387 g/mol. The van der Waals surface area contributed by atoms with Gasteiger partial charge in [0.05, 0.1) is 19.1 Å². The molecule has 0 bridgehead atoms. The van der Waals surface area contributed by atoms with Gasteiger partial charge in [-0.25, -0.2) is 9.97 Å². The summed E-state index contributed by atoms with van der Waals surface area (Å²) in [6.45, 7) is 2.59. The van der Waals surface area contributed by atoms with E-state index < -0.39 is 0 Å². The molecule has 1 amide bonds. The van der Waals surface area contributed by atoms with Gasteiger partial charge in [0.2, 0.25) is 0 Å². The number of methoxy groups -OCH3 is 1. The zero-order valence-corrected chi connectivity index (χ0v) is 16.3. The molecule has 0 unspecified atom stereocenters. The molecule has 4 heterocycles. The van der Waals surface area contributed by atoms with Crippen LogP contribution in [0, 0.1) is 6.92 Å². The Bertz CT molecular complexity index is 1190. The average Bonchev–Trinajstić information content (AvgIpc) is 3.40. The first kappa shape index (κ1) is 17.5. The Hall–Kier alpha value is -3.61. The Morgan fingerprint density at radius 1 is 1.24 bits per heavy atom. The number of H-pyrrole nitrogens is 1. The Morgan fingerprint density at radius 2 is 2.07 bits per heavy atom. The molecule has 1 atom stereocenters. The topological polar surface area (TPSA) is 75.5 Å². The number of fused-ring (bicyclic) bond motifs is 2. The molecule has 0 saturated heterocycles. The van der Waals surface area contributed by atoms with Crippen molar-refractivity contribution in [3.8, 4) is 5.75 Å². The van der Waals surface area contributed by atoms with E-state index in [1.165, 1.54) is 0 Å². The number of hydrogen-bond acceptors (Lipinski definition) is 4. The molecule has 4 aromatic rings. The van der Waals surface area contributed by atoms with Crippen LogP contribution >= 0.6 is 0 Å². The number of aromatic nitrogens is 4. The van der Waals surface area contributed by atoms with Gasteiger partial charge in [-0.3, -0.25) is 4.79 Å². The van der Waals surface area contributed by atoms with Crippen LogP contribution in [0.4, 0.5) is 0 Å². The smallest absolute Gasteiger partial charge is 0.274 e. The number of carbonyl (C=O) groups excluding carboxylic acids is 1. The predicted molar refractivity (Wildman–Crippen MR) is 108 cm³/mol. The van der Waals surface area contributed by atoms with Gasteiger partial charge < -0.3 is 19.0 Å². The van der Waals surface area contributed by atoms with Crippen LogP contribution in [0.2, 0.25) is 0 Å². The molecule has 0 spiro atoms. The zero-order chi connectivity index (χ0) is 20.0. The summed E-state index contributed by atoms with van der Waals surface area (Å²) in [4.78, 5) is 27.7. The number of aryl methyl sites for hydroxylation is 1. The second-order valence-corrected chi connectivity index (χ2v) is 7.24. The van der Waals surface area contributed by atoms with Crippen LogP contribution in [0.1, 0.15) is 39.0 Å². The lowest BCUT2D eigenvalue weighted by Gasteiger charge is -2.35. The Morgan fingerprint density at radius 3 is 2.83 bits per heavy atom. The summed E-state index contributed by atoms with van der Waals surface area (Å²) in [5.74, 6) is 0.683. The number of aromatic amines is 1. The SMILES string of the molecule is COc1ccc([C@@H]2c3nc[nH]c3CCN2C(=O)c2cn3cccc(C)c3n2)cc1. The second-order valence-electron chi connectivity index (χ2n) is 7.24. The summed E-state index contributed by atoms with van der Waals surface area (Å²) in [5, 5.41) is 0. The summed E-state index contributed by atoms with van der Waals surface area (Å²) in [6.07, 6.45) is 6.15. The number of hydrogen-bond donors (Lipinski definition) is 1. The van der Waals surface area contributed by atoms with E-state index in [0.29, 0.717) is 12.2 Å². The zero-order valence-electron chi connectivity index (χ0n) is 16.3. The number of ether oxygens (including phenoxy) is 1. The van der Waals surface area contributed by atoms with Crippen molar-refractivity contribution in [1.82, 2.24) is 24.3 Å². The highest BCUT2D eigenvalue weighted by Gasteiger charge is 2.35. The molecule has 1 aromatic carbocycles. The van der Waals surface area contributed by atoms with Gasteiger partial charge in [-0.05, 0) is 36.2 Å². The fraction of sp³-hybridized carbons (Fsp3) is 0.227. The third-order valence-electron chi connectivity index (χ3n) is 5.51. The van der Waals surface area contributed by atoms with Gasteiger partial charge in [0.1, 0.15) is 23.1 Å². The van der Waals surface area contributed by atoms with Gasteiger partial charge in [0.25, 0.3) is 5.91 Å². The van der Waals surface area contributed by atoms with Crippen LogP contribution in [-0.2, 0) is 6.42 Å². The molecule has 1 N–H and O–H groups in total. The number of nitrogens with one attached hydrogen (secondary N) is 1. The first-order valence-corrected chi connectivity index (χ1v) is 9.57. The molecule has 1 aliphatic heterocycles. The van der Waals surface area contributed by atoms with Gasteiger partial charge in [-0.1, -0.05) is 18.2 Å². The van der Waals surface area contributed by atoms with Crippen LogP contribution in [-0.4, -0.2) is 43.8 Å². The molecule has 1 aliphatic rings. The van der Waals surface area contributed by atoms with Gasteiger partial charge in [-0.15, -0.1) is 0 Å². The molecule has 7 heteroatoms. The van der Waals surface area contributed by atoms with Crippen molar-refractivity contribution in [3.05, 3.63) is 83.3 Å². The molecule has 29 heavy (non-hydrogen) atoms. The van der Waals surface area contributed by atoms with Crippen molar-refractivity contribution < 1.29 is 9.53 Å². The predicted octanol–water partition coefficient (Wildman–Crippen LogP) is 3.16. The fourth-order valence-corrected chi connectivity index (χ4v) is 4.02. The maximum atomic E-state index is 13.5. The van der Waals surface area contributed by atoms with Crippen molar-refractivity contribution >= 4 is 11.6 Å². The minimum Gasteiger partial charge on any atom is -0.497 e. The first-order chi connectivity index (χ1) is 14.2. The second kappa shape index (κ2) is 6.77. The summed E-state index contributed by atoms with van der Waals surface area (Å²) < 4.78 is 7.18. The van der Waals surface area contributed by atoms with E-state index in [1.54, 1.807) is 19.6 Å². The first-order valence-electron chi connectivity index (χ1n) is 9.57. The van der Waals surface area contributed by atoms with E-state index in [9.17, 15) is 4.79 Å². The molecule has 5 rings (SSSR count). The molecular formula is C22H21N5O2. The number of rotatable bonds is 3.